The van der Waals surface area contributed by atoms with E-state index in [1.807, 2.05) is 0 Å². The van der Waals surface area contributed by atoms with Gasteiger partial charge in [0, 0.05) is 13.2 Å². The number of nitrogens with zero attached hydrogens (tertiary/aromatic N) is 2. The van der Waals surface area contributed by atoms with E-state index in [4.69, 9.17) is 0 Å². The van der Waals surface area contributed by atoms with Gasteiger partial charge in [0.25, 0.3) is 0 Å². The summed E-state index contributed by atoms with van der Waals surface area (Å²) in [6.07, 6.45) is 1.57. The van der Waals surface area contributed by atoms with Crippen LogP contribution in [0, 0.1) is 0 Å². The highest BCUT2D eigenvalue weighted by Crippen LogP contribution is 2.14. The van der Waals surface area contributed by atoms with Crippen LogP contribution in [0.2, 0.25) is 0 Å². The van der Waals surface area contributed by atoms with E-state index < -0.39 is 15.3 Å². The quantitative estimate of drug-likeness (QED) is 0.761. The molecular weight excluding hydrogens is 200 g/mol. The van der Waals surface area contributed by atoms with Crippen molar-refractivity contribution in [1.82, 2.24) is 4.98 Å². The Bertz CT molecular complexity index is 387. The zero-order chi connectivity index (χ0) is 10.8. The lowest BCUT2D eigenvalue weighted by Gasteiger charge is -2.20. The largest absolute Gasteiger partial charge is 0.257 e. The zero-order valence-corrected chi connectivity index (χ0v) is 9.32. The Labute approximate surface area is 84.6 Å². The number of aromatic nitrogens is 1. The average Bonchev–Trinajstić information content (AvgIpc) is 2.17. The van der Waals surface area contributed by atoms with E-state index in [1.165, 1.54) is 11.4 Å². The lowest BCUT2D eigenvalue weighted by molar-refractivity contribution is 0.585. The minimum absolute atomic E-state index is 0.436. The minimum atomic E-state index is -3.26. The Morgan fingerprint density at radius 1 is 1.36 bits per heavy atom. The highest BCUT2D eigenvalue weighted by atomic mass is 32.2. The molecule has 5 heteroatoms. The SMILES string of the molecule is CC(C)S(=O)(=O)N(C)c1ccccn1. The Balaban J connectivity index is 3.03. The van der Waals surface area contributed by atoms with E-state index in [9.17, 15) is 8.42 Å². The van der Waals surface area contributed by atoms with Gasteiger partial charge in [0.1, 0.15) is 5.82 Å². The first-order chi connectivity index (χ1) is 6.46. The van der Waals surface area contributed by atoms with E-state index in [0.29, 0.717) is 5.82 Å². The third-order valence-electron chi connectivity index (χ3n) is 1.95. The molecule has 0 atom stereocenters. The average molecular weight is 214 g/mol. The second-order valence-corrected chi connectivity index (χ2v) is 5.77. The fourth-order valence-electron chi connectivity index (χ4n) is 0.987. The maximum absolute atomic E-state index is 11.7. The van der Waals surface area contributed by atoms with Crippen LogP contribution in [-0.2, 0) is 10.0 Å². The molecule has 0 unspecified atom stereocenters. The van der Waals surface area contributed by atoms with Crippen molar-refractivity contribution < 1.29 is 8.42 Å². The second kappa shape index (κ2) is 3.96. The minimum Gasteiger partial charge on any atom is -0.257 e. The number of hydrogen-bond acceptors (Lipinski definition) is 3. The van der Waals surface area contributed by atoms with Crippen molar-refractivity contribution in [3.8, 4) is 0 Å². The Kier molecular flexibility index (Phi) is 3.10. The van der Waals surface area contributed by atoms with Gasteiger partial charge in [0.15, 0.2) is 0 Å². The van der Waals surface area contributed by atoms with Crippen molar-refractivity contribution >= 4 is 15.8 Å². The number of hydrogen-bond donors (Lipinski definition) is 0. The molecule has 0 aromatic carbocycles. The summed E-state index contributed by atoms with van der Waals surface area (Å²) >= 11 is 0. The normalized spacial score (nSPS) is 11.7. The lowest BCUT2D eigenvalue weighted by Crippen LogP contribution is -2.33. The van der Waals surface area contributed by atoms with Gasteiger partial charge in [0.2, 0.25) is 10.0 Å². The summed E-state index contributed by atoms with van der Waals surface area (Å²) < 4.78 is 24.6. The van der Waals surface area contributed by atoms with Gasteiger partial charge in [-0.2, -0.15) is 0 Å². The summed E-state index contributed by atoms with van der Waals surface area (Å²) in [5, 5.41) is -0.436. The van der Waals surface area contributed by atoms with Crippen molar-refractivity contribution in [2.75, 3.05) is 11.4 Å². The maximum Gasteiger partial charge on any atom is 0.238 e. The standard InChI is InChI=1S/C9H14N2O2S/c1-8(2)14(12,13)11(3)9-6-4-5-7-10-9/h4-8H,1-3H3. The van der Waals surface area contributed by atoms with Crippen molar-refractivity contribution in [3.63, 3.8) is 0 Å². The van der Waals surface area contributed by atoms with Gasteiger partial charge in [0.05, 0.1) is 5.25 Å². The molecule has 1 rings (SSSR count). The van der Waals surface area contributed by atoms with Crippen molar-refractivity contribution in [1.29, 1.82) is 0 Å². The molecule has 0 aliphatic rings. The molecule has 0 fully saturated rings. The van der Waals surface area contributed by atoms with E-state index in [-0.39, 0.29) is 0 Å². The fraction of sp³-hybridized carbons (Fsp3) is 0.444. The molecule has 4 nitrogen and oxygen atoms in total. The molecule has 0 saturated heterocycles. The van der Waals surface area contributed by atoms with Gasteiger partial charge in [-0.3, -0.25) is 4.31 Å². The van der Waals surface area contributed by atoms with Gasteiger partial charge in [-0.15, -0.1) is 0 Å². The predicted octanol–water partition coefficient (Wildman–Crippen LogP) is 1.26. The number of anilines is 1. The van der Waals surface area contributed by atoms with Crippen LogP contribution < -0.4 is 4.31 Å². The summed E-state index contributed by atoms with van der Waals surface area (Å²) in [4.78, 5) is 3.97. The summed E-state index contributed by atoms with van der Waals surface area (Å²) in [5.74, 6) is 0.446. The monoisotopic (exact) mass is 214 g/mol. The molecule has 0 radical (unpaired) electrons. The van der Waals surface area contributed by atoms with Crippen molar-refractivity contribution in [2.45, 2.75) is 19.1 Å². The Morgan fingerprint density at radius 2 is 2.00 bits per heavy atom. The molecule has 0 aliphatic heterocycles. The van der Waals surface area contributed by atoms with Gasteiger partial charge in [-0.05, 0) is 26.0 Å². The van der Waals surface area contributed by atoms with Crippen LogP contribution in [0.25, 0.3) is 0 Å². The first kappa shape index (κ1) is 11.0. The first-order valence-corrected chi connectivity index (χ1v) is 5.85. The van der Waals surface area contributed by atoms with E-state index in [1.54, 1.807) is 38.2 Å². The summed E-state index contributed by atoms with van der Waals surface area (Å²) in [7, 11) is -1.75. The van der Waals surface area contributed by atoms with E-state index in [2.05, 4.69) is 4.98 Å². The third-order valence-corrected chi connectivity index (χ3v) is 4.09. The van der Waals surface area contributed by atoms with Crippen molar-refractivity contribution in [3.05, 3.63) is 24.4 Å². The predicted molar refractivity (Wildman–Crippen MR) is 56.7 cm³/mol. The Morgan fingerprint density at radius 3 is 2.43 bits per heavy atom. The molecule has 78 valence electrons. The highest BCUT2D eigenvalue weighted by Gasteiger charge is 2.22. The number of pyridine rings is 1. The van der Waals surface area contributed by atoms with Crippen molar-refractivity contribution in [2.24, 2.45) is 0 Å². The summed E-state index contributed by atoms with van der Waals surface area (Å²) in [6, 6.07) is 5.17. The molecular formula is C9H14N2O2S. The molecule has 0 N–H and O–H groups in total. The summed E-state index contributed by atoms with van der Waals surface area (Å²) in [6.45, 7) is 3.30. The lowest BCUT2D eigenvalue weighted by atomic mass is 10.5. The molecule has 0 amide bonds. The van der Waals surface area contributed by atoms with Crippen LogP contribution in [-0.4, -0.2) is 25.7 Å². The van der Waals surface area contributed by atoms with Gasteiger partial charge in [-0.1, -0.05) is 6.07 Å². The third kappa shape index (κ3) is 2.04. The van der Waals surface area contributed by atoms with E-state index in [0.717, 1.165) is 0 Å². The zero-order valence-electron chi connectivity index (χ0n) is 8.51. The fourth-order valence-corrected chi connectivity index (χ4v) is 1.99. The van der Waals surface area contributed by atoms with Crippen LogP contribution in [0.4, 0.5) is 5.82 Å². The Hall–Kier alpha value is -1.10. The topological polar surface area (TPSA) is 50.3 Å². The number of rotatable bonds is 3. The molecule has 0 bridgehead atoms. The molecule has 1 aromatic heterocycles. The first-order valence-electron chi connectivity index (χ1n) is 4.35. The molecule has 1 aromatic rings. The molecule has 0 saturated carbocycles. The summed E-state index contributed by atoms with van der Waals surface area (Å²) in [5.41, 5.74) is 0. The molecule has 1 heterocycles. The number of sulfonamides is 1. The van der Waals surface area contributed by atoms with Gasteiger partial charge >= 0.3 is 0 Å². The molecule has 14 heavy (non-hydrogen) atoms. The van der Waals surface area contributed by atoms with Gasteiger partial charge < -0.3 is 0 Å². The second-order valence-electron chi connectivity index (χ2n) is 3.25. The van der Waals surface area contributed by atoms with Crippen LogP contribution in [0.15, 0.2) is 24.4 Å². The molecule has 0 aliphatic carbocycles. The van der Waals surface area contributed by atoms with Crippen LogP contribution in [0.3, 0.4) is 0 Å². The maximum atomic E-state index is 11.7. The highest BCUT2D eigenvalue weighted by molar-refractivity contribution is 7.93. The van der Waals surface area contributed by atoms with Crippen LogP contribution in [0.5, 0.6) is 0 Å². The van der Waals surface area contributed by atoms with Crippen LogP contribution >= 0.6 is 0 Å². The van der Waals surface area contributed by atoms with E-state index >= 15 is 0 Å². The molecule has 0 spiro atoms. The smallest absolute Gasteiger partial charge is 0.238 e. The van der Waals surface area contributed by atoms with Crippen LogP contribution in [0.1, 0.15) is 13.8 Å². The van der Waals surface area contributed by atoms with Gasteiger partial charge in [-0.25, -0.2) is 13.4 Å².